The first-order chi connectivity index (χ1) is 13.8. The normalized spacial score (nSPS) is 15.8. The monoisotopic (exact) mass is 419 g/mol. The van der Waals surface area contributed by atoms with Crippen molar-refractivity contribution in [1.29, 1.82) is 0 Å². The van der Waals surface area contributed by atoms with E-state index in [0.29, 0.717) is 23.8 Å². The van der Waals surface area contributed by atoms with Gasteiger partial charge in [-0.15, -0.1) is 0 Å². The molecule has 2 aromatic carbocycles. The van der Waals surface area contributed by atoms with Crippen molar-refractivity contribution in [3.8, 4) is 0 Å². The lowest BCUT2D eigenvalue weighted by atomic mass is 9.90. The van der Waals surface area contributed by atoms with E-state index in [1.807, 2.05) is 12.1 Å². The zero-order valence-corrected chi connectivity index (χ0v) is 17.2. The van der Waals surface area contributed by atoms with E-state index in [0.717, 1.165) is 44.2 Å². The van der Waals surface area contributed by atoms with Crippen molar-refractivity contribution in [1.82, 2.24) is 4.90 Å². The molecule has 0 radical (unpaired) electrons. The van der Waals surface area contributed by atoms with Gasteiger partial charge in [-0.05, 0) is 80.2 Å². The Kier molecular flexibility index (Phi) is 6.87. The van der Waals surface area contributed by atoms with E-state index < -0.39 is 10.0 Å². The summed E-state index contributed by atoms with van der Waals surface area (Å²) >= 11 is 0. The second kappa shape index (κ2) is 9.37. The topological polar surface area (TPSA) is 78.5 Å². The molecule has 1 saturated heterocycles. The quantitative estimate of drug-likeness (QED) is 0.723. The van der Waals surface area contributed by atoms with E-state index in [-0.39, 0.29) is 11.7 Å². The highest BCUT2D eigenvalue weighted by Gasteiger charge is 2.21. The maximum absolute atomic E-state index is 13.0. The maximum Gasteiger partial charge on any atom is 0.238 e. The Labute approximate surface area is 171 Å². The third kappa shape index (κ3) is 7.14. The minimum absolute atomic E-state index is 0.0918. The van der Waals surface area contributed by atoms with Crippen molar-refractivity contribution in [2.75, 3.05) is 35.9 Å². The van der Waals surface area contributed by atoms with Crippen molar-refractivity contribution in [2.45, 2.75) is 19.3 Å². The van der Waals surface area contributed by atoms with E-state index in [9.17, 15) is 17.6 Å². The number of nitrogens with zero attached hydrogens (tertiary/aromatic N) is 1. The standard InChI is InChI=1S/C21H26FN3O3S/c1-29(27,28)24-20-8-6-19(7-9-20)23-21(26)15-25-12-10-17(11-13-25)14-16-2-4-18(22)5-3-16/h2-9,17,24H,10-15H2,1H3,(H,23,26). The number of amides is 1. The number of halogens is 1. The minimum atomic E-state index is -3.32. The highest BCUT2D eigenvalue weighted by atomic mass is 32.2. The molecule has 156 valence electrons. The van der Waals surface area contributed by atoms with Gasteiger partial charge < -0.3 is 5.32 Å². The lowest BCUT2D eigenvalue weighted by Crippen LogP contribution is -2.39. The number of carbonyl (C=O) groups excluding carboxylic acids is 1. The molecule has 0 aliphatic carbocycles. The highest BCUT2D eigenvalue weighted by Crippen LogP contribution is 2.22. The number of carbonyl (C=O) groups is 1. The molecular weight excluding hydrogens is 393 g/mol. The van der Waals surface area contributed by atoms with Gasteiger partial charge in [-0.3, -0.25) is 14.4 Å². The van der Waals surface area contributed by atoms with Crippen LogP contribution in [0.15, 0.2) is 48.5 Å². The van der Waals surface area contributed by atoms with Crippen LogP contribution in [0.4, 0.5) is 15.8 Å². The first kappa shape index (κ1) is 21.3. The number of hydrogen-bond donors (Lipinski definition) is 2. The first-order valence-electron chi connectivity index (χ1n) is 9.61. The zero-order valence-electron chi connectivity index (χ0n) is 16.4. The number of nitrogens with one attached hydrogen (secondary N) is 2. The molecule has 29 heavy (non-hydrogen) atoms. The number of sulfonamides is 1. The number of rotatable bonds is 7. The Morgan fingerprint density at radius 3 is 2.21 bits per heavy atom. The van der Waals surface area contributed by atoms with Crippen molar-refractivity contribution in [2.24, 2.45) is 5.92 Å². The lowest BCUT2D eigenvalue weighted by molar-refractivity contribution is -0.117. The number of anilines is 2. The summed E-state index contributed by atoms with van der Waals surface area (Å²) < 4.78 is 37.8. The summed E-state index contributed by atoms with van der Waals surface area (Å²) in [6, 6.07) is 13.2. The molecule has 1 heterocycles. The molecule has 8 heteroatoms. The van der Waals surface area contributed by atoms with Crippen LogP contribution in [0.25, 0.3) is 0 Å². The van der Waals surface area contributed by atoms with Crippen molar-refractivity contribution in [3.05, 3.63) is 59.9 Å². The van der Waals surface area contributed by atoms with Gasteiger partial charge in [0.05, 0.1) is 12.8 Å². The fraction of sp³-hybridized carbons (Fsp3) is 0.381. The third-order valence-electron chi connectivity index (χ3n) is 4.98. The van der Waals surface area contributed by atoms with E-state index in [1.165, 1.54) is 12.1 Å². The van der Waals surface area contributed by atoms with Crippen molar-refractivity contribution < 1.29 is 17.6 Å². The van der Waals surface area contributed by atoms with Gasteiger partial charge in [0.1, 0.15) is 5.82 Å². The van der Waals surface area contributed by atoms with Gasteiger partial charge in [0.2, 0.25) is 15.9 Å². The van der Waals surface area contributed by atoms with Crippen LogP contribution in [0.5, 0.6) is 0 Å². The molecule has 0 atom stereocenters. The predicted molar refractivity (Wildman–Crippen MR) is 113 cm³/mol. The second-order valence-electron chi connectivity index (χ2n) is 7.55. The molecule has 0 aromatic heterocycles. The van der Waals surface area contributed by atoms with Gasteiger partial charge in [-0.2, -0.15) is 0 Å². The molecule has 0 spiro atoms. The molecule has 2 aromatic rings. The smallest absolute Gasteiger partial charge is 0.238 e. The number of hydrogen-bond acceptors (Lipinski definition) is 4. The SMILES string of the molecule is CS(=O)(=O)Nc1ccc(NC(=O)CN2CCC(Cc3ccc(F)cc3)CC2)cc1. The molecular formula is C21H26FN3O3S. The molecule has 0 unspecified atom stereocenters. The Balaban J connectivity index is 1.42. The van der Waals surface area contributed by atoms with Crippen LogP contribution in [-0.4, -0.2) is 45.1 Å². The minimum Gasteiger partial charge on any atom is -0.325 e. The molecule has 2 N–H and O–H groups in total. The van der Waals surface area contributed by atoms with Crippen LogP contribution in [0.2, 0.25) is 0 Å². The molecule has 1 amide bonds. The number of benzene rings is 2. The lowest BCUT2D eigenvalue weighted by Gasteiger charge is -2.31. The zero-order chi connectivity index (χ0) is 20.9. The molecule has 0 saturated carbocycles. The van der Waals surface area contributed by atoms with Gasteiger partial charge in [-0.25, -0.2) is 12.8 Å². The molecule has 1 aliphatic rings. The summed E-state index contributed by atoms with van der Waals surface area (Å²) in [6.45, 7) is 2.04. The Hall–Kier alpha value is -2.45. The van der Waals surface area contributed by atoms with E-state index >= 15 is 0 Å². The van der Waals surface area contributed by atoms with Crippen LogP contribution >= 0.6 is 0 Å². The highest BCUT2D eigenvalue weighted by molar-refractivity contribution is 7.92. The van der Waals surface area contributed by atoms with Gasteiger partial charge in [0, 0.05) is 11.4 Å². The fourth-order valence-electron chi connectivity index (χ4n) is 3.54. The summed E-state index contributed by atoms with van der Waals surface area (Å²) in [6.07, 6.45) is 4.05. The second-order valence-corrected chi connectivity index (χ2v) is 9.30. The summed E-state index contributed by atoms with van der Waals surface area (Å²) in [4.78, 5) is 14.4. The molecule has 3 rings (SSSR count). The van der Waals surface area contributed by atoms with E-state index in [2.05, 4.69) is 14.9 Å². The van der Waals surface area contributed by atoms with Crippen LogP contribution in [0.3, 0.4) is 0 Å². The average molecular weight is 420 g/mol. The van der Waals surface area contributed by atoms with Crippen LogP contribution in [-0.2, 0) is 21.2 Å². The molecule has 1 fully saturated rings. The fourth-order valence-corrected chi connectivity index (χ4v) is 4.11. The summed E-state index contributed by atoms with van der Waals surface area (Å²) in [7, 11) is -3.32. The molecule has 1 aliphatic heterocycles. The largest absolute Gasteiger partial charge is 0.325 e. The first-order valence-corrected chi connectivity index (χ1v) is 11.5. The third-order valence-corrected chi connectivity index (χ3v) is 5.59. The molecule has 0 bridgehead atoms. The number of piperidine rings is 1. The maximum atomic E-state index is 13.0. The van der Waals surface area contributed by atoms with Crippen LogP contribution in [0.1, 0.15) is 18.4 Å². The Morgan fingerprint density at radius 2 is 1.62 bits per heavy atom. The molecule has 6 nitrogen and oxygen atoms in total. The average Bonchev–Trinajstić information content (AvgIpc) is 2.66. The number of likely N-dealkylation sites (tertiary alicyclic amines) is 1. The van der Waals surface area contributed by atoms with Gasteiger partial charge in [0.15, 0.2) is 0 Å². The van der Waals surface area contributed by atoms with Gasteiger partial charge in [0.25, 0.3) is 0 Å². The van der Waals surface area contributed by atoms with Crippen LogP contribution in [0, 0.1) is 11.7 Å². The summed E-state index contributed by atoms with van der Waals surface area (Å²) in [5.41, 5.74) is 2.23. The summed E-state index contributed by atoms with van der Waals surface area (Å²) in [5.74, 6) is 0.247. The summed E-state index contributed by atoms with van der Waals surface area (Å²) in [5, 5.41) is 2.84. The van der Waals surface area contributed by atoms with Gasteiger partial charge in [-0.1, -0.05) is 12.1 Å². The van der Waals surface area contributed by atoms with Crippen molar-refractivity contribution >= 4 is 27.3 Å². The van der Waals surface area contributed by atoms with Crippen molar-refractivity contribution in [3.63, 3.8) is 0 Å². The van der Waals surface area contributed by atoms with E-state index in [4.69, 9.17) is 0 Å². The van der Waals surface area contributed by atoms with Crippen LogP contribution < -0.4 is 10.0 Å². The van der Waals surface area contributed by atoms with E-state index in [1.54, 1.807) is 24.3 Å². The Bertz CT molecular complexity index is 923. The van der Waals surface area contributed by atoms with Gasteiger partial charge >= 0.3 is 0 Å². The predicted octanol–water partition coefficient (Wildman–Crippen LogP) is 3.09. The Morgan fingerprint density at radius 1 is 1.03 bits per heavy atom.